The van der Waals surface area contributed by atoms with Gasteiger partial charge in [0.05, 0.1) is 23.2 Å². The van der Waals surface area contributed by atoms with Crippen LogP contribution in [0.5, 0.6) is 0 Å². The molecule has 0 spiro atoms. The maximum atomic E-state index is 13.3. The van der Waals surface area contributed by atoms with Gasteiger partial charge >= 0.3 is 12.1 Å². The molecule has 0 saturated carbocycles. The molecule has 0 fully saturated rings. The van der Waals surface area contributed by atoms with Crippen molar-refractivity contribution in [3.63, 3.8) is 0 Å². The van der Waals surface area contributed by atoms with Gasteiger partial charge in [-0.1, -0.05) is 11.6 Å². The summed E-state index contributed by atoms with van der Waals surface area (Å²) in [5, 5.41) is 8.91. The average Bonchev–Trinajstić information content (AvgIpc) is 3.24. The van der Waals surface area contributed by atoms with E-state index in [9.17, 15) is 27.6 Å². The first-order chi connectivity index (χ1) is 16.6. The van der Waals surface area contributed by atoms with Crippen molar-refractivity contribution >= 4 is 50.6 Å². The number of anilines is 1. The van der Waals surface area contributed by atoms with E-state index < -0.39 is 29.2 Å². The third-order valence-corrected chi connectivity index (χ3v) is 6.04. The number of aromatic nitrogens is 2. The zero-order chi connectivity index (χ0) is 25.3. The summed E-state index contributed by atoms with van der Waals surface area (Å²) in [6.07, 6.45) is -4.54. The molecule has 35 heavy (non-hydrogen) atoms. The second-order valence-corrected chi connectivity index (χ2v) is 8.46. The minimum absolute atomic E-state index is 0.00302. The van der Waals surface area contributed by atoms with Crippen molar-refractivity contribution in [2.75, 3.05) is 11.9 Å². The Hall–Kier alpha value is -3.70. The summed E-state index contributed by atoms with van der Waals surface area (Å²) in [4.78, 5) is 38.7. The number of hydrogen-bond donors (Lipinski definition) is 1. The standard InChI is InChI=1S/C23H15ClF3N3O4S/c1-2-34-22(33)18-16-11-35-20(28-19(31)12-3-5-13(6-4-12)23(25,26)27)17(16)21(32)30(29-18)15-9-7-14(24)8-10-15/h3-11H,2H2,1H3,(H,28,31). The Morgan fingerprint density at radius 2 is 1.77 bits per heavy atom. The van der Waals surface area contributed by atoms with Gasteiger partial charge in [0.25, 0.3) is 11.5 Å². The molecule has 1 N–H and O–H groups in total. The summed E-state index contributed by atoms with van der Waals surface area (Å²) >= 11 is 6.89. The normalized spacial score (nSPS) is 11.5. The Balaban J connectivity index is 1.80. The molecular formula is C23H15ClF3N3O4S. The molecule has 7 nitrogen and oxygen atoms in total. The molecule has 4 aromatic rings. The van der Waals surface area contributed by atoms with Crippen LogP contribution in [0.4, 0.5) is 18.2 Å². The fourth-order valence-corrected chi connectivity index (χ4v) is 4.29. The van der Waals surface area contributed by atoms with Gasteiger partial charge in [-0.2, -0.15) is 23.0 Å². The van der Waals surface area contributed by atoms with Crippen LogP contribution < -0.4 is 10.9 Å². The van der Waals surface area contributed by atoms with Gasteiger partial charge in [-0.05, 0) is 55.5 Å². The minimum Gasteiger partial charge on any atom is -0.461 e. The monoisotopic (exact) mass is 521 g/mol. The molecule has 0 saturated heterocycles. The number of rotatable bonds is 5. The van der Waals surface area contributed by atoms with E-state index in [2.05, 4.69) is 10.4 Å². The van der Waals surface area contributed by atoms with Crippen LogP contribution in [0.15, 0.2) is 58.7 Å². The number of esters is 1. The summed E-state index contributed by atoms with van der Waals surface area (Å²) in [6.45, 7) is 1.69. The second kappa shape index (κ2) is 9.51. The Labute approximate surface area is 204 Å². The third kappa shape index (κ3) is 4.91. The van der Waals surface area contributed by atoms with Gasteiger partial charge < -0.3 is 10.1 Å². The van der Waals surface area contributed by atoms with Crippen molar-refractivity contribution in [1.29, 1.82) is 0 Å². The lowest BCUT2D eigenvalue weighted by Gasteiger charge is -2.10. The molecule has 1 amide bonds. The number of halogens is 4. The molecule has 0 radical (unpaired) electrons. The highest BCUT2D eigenvalue weighted by molar-refractivity contribution is 7.16. The molecule has 0 aliphatic rings. The van der Waals surface area contributed by atoms with E-state index in [1.165, 1.54) is 17.5 Å². The van der Waals surface area contributed by atoms with Crippen molar-refractivity contribution in [3.8, 4) is 5.69 Å². The Morgan fingerprint density at radius 1 is 1.11 bits per heavy atom. The number of thiophene rings is 1. The number of hydrogen-bond acceptors (Lipinski definition) is 6. The molecule has 0 bridgehead atoms. The number of carbonyl (C=O) groups is 2. The molecule has 0 atom stereocenters. The van der Waals surface area contributed by atoms with Crippen LogP contribution in [0, 0.1) is 0 Å². The second-order valence-electron chi connectivity index (χ2n) is 7.15. The van der Waals surface area contributed by atoms with Crippen molar-refractivity contribution < 1.29 is 27.5 Å². The predicted molar refractivity (Wildman–Crippen MR) is 126 cm³/mol. The van der Waals surface area contributed by atoms with Gasteiger partial charge in [0.15, 0.2) is 5.69 Å². The van der Waals surface area contributed by atoms with E-state index in [0.717, 1.165) is 40.3 Å². The number of amides is 1. The predicted octanol–water partition coefficient (Wildman–Crippen LogP) is 5.55. The van der Waals surface area contributed by atoms with Crippen LogP contribution in [0.2, 0.25) is 5.02 Å². The Bertz CT molecular complexity index is 1480. The van der Waals surface area contributed by atoms with E-state index in [1.54, 1.807) is 19.1 Å². The topological polar surface area (TPSA) is 90.3 Å². The average molecular weight is 522 g/mol. The van der Waals surface area contributed by atoms with Crippen molar-refractivity contribution in [2.24, 2.45) is 0 Å². The zero-order valence-corrected chi connectivity index (χ0v) is 19.4. The number of fused-ring (bicyclic) bond motifs is 1. The molecule has 4 rings (SSSR count). The molecule has 180 valence electrons. The van der Waals surface area contributed by atoms with E-state index in [0.29, 0.717) is 10.7 Å². The first kappa shape index (κ1) is 24.4. The summed E-state index contributed by atoms with van der Waals surface area (Å²) in [6, 6.07) is 9.79. The maximum Gasteiger partial charge on any atom is 0.416 e. The van der Waals surface area contributed by atoms with Gasteiger partial charge in [-0.15, -0.1) is 11.3 Å². The third-order valence-electron chi connectivity index (χ3n) is 4.89. The summed E-state index contributed by atoms with van der Waals surface area (Å²) in [5.41, 5.74) is -1.39. The molecular weight excluding hydrogens is 507 g/mol. The first-order valence-electron chi connectivity index (χ1n) is 10.1. The summed E-state index contributed by atoms with van der Waals surface area (Å²) < 4.78 is 44.5. The lowest BCUT2D eigenvalue weighted by atomic mass is 10.1. The highest BCUT2D eigenvalue weighted by Crippen LogP contribution is 2.32. The van der Waals surface area contributed by atoms with E-state index in [4.69, 9.17) is 16.3 Å². The molecule has 2 aromatic heterocycles. The van der Waals surface area contributed by atoms with Gasteiger partial charge in [0.2, 0.25) is 0 Å². The molecule has 2 aromatic carbocycles. The highest BCUT2D eigenvalue weighted by Gasteiger charge is 2.30. The molecule has 0 aliphatic carbocycles. The van der Waals surface area contributed by atoms with E-state index >= 15 is 0 Å². The van der Waals surface area contributed by atoms with E-state index in [1.807, 2.05) is 0 Å². The molecule has 12 heteroatoms. The fourth-order valence-electron chi connectivity index (χ4n) is 3.24. The molecule has 2 heterocycles. The van der Waals surface area contributed by atoms with Crippen molar-refractivity contribution in [3.05, 3.63) is 86.1 Å². The van der Waals surface area contributed by atoms with Crippen LogP contribution in [-0.2, 0) is 10.9 Å². The van der Waals surface area contributed by atoms with Crippen LogP contribution in [0.3, 0.4) is 0 Å². The van der Waals surface area contributed by atoms with Crippen molar-refractivity contribution in [2.45, 2.75) is 13.1 Å². The fraction of sp³-hybridized carbons (Fsp3) is 0.130. The summed E-state index contributed by atoms with van der Waals surface area (Å²) in [5.74, 6) is -1.49. The smallest absolute Gasteiger partial charge is 0.416 e. The lowest BCUT2D eigenvalue weighted by Crippen LogP contribution is -2.25. The maximum absolute atomic E-state index is 13.3. The van der Waals surface area contributed by atoms with Crippen molar-refractivity contribution in [1.82, 2.24) is 9.78 Å². The van der Waals surface area contributed by atoms with E-state index in [-0.39, 0.29) is 33.6 Å². The molecule has 0 aliphatic heterocycles. The van der Waals surface area contributed by atoms with Crippen LogP contribution in [-0.4, -0.2) is 28.3 Å². The Kier molecular flexibility index (Phi) is 6.64. The molecule has 0 unspecified atom stereocenters. The SMILES string of the molecule is CCOC(=O)c1nn(-c2ccc(Cl)cc2)c(=O)c2c(NC(=O)c3ccc(C(F)(F)F)cc3)scc12. The number of nitrogens with one attached hydrogen (secondary N) is 1. The largest absolute Gasteiger partial charge is 0.461 e. The highest BCUT2D eigenvalue weighted by atomic mass is 35.5. The Morgan fingerprint density at radius 3 is 2.37 bits per heavy atom. The lowest BCUT2D eigenvalue weighted by molar-refractivity contribution is -0.137. The first-order valence-corrected chi connectivity index (χ1v) is 11.3. The van der Waals surface area contributed by atoms with Crippen LogP contribution in [0.1, 0.15) is 33.3 Å². The van der Waals surface area contributed by atoms with Gasteiger partial charge in [-0.3, -0.25) is 9.59 Å². The number of benzene rings is 2. The summed E-state index contributed by atoms with van der Waals surface area (Å²) in [7, 11) is 0. The zero-order valence-electron chi connectivity index (χ0n) is 17.9. The van der Waals surface area contributed by atoms with Gasteiger partial charge in [0, 0.05) is 21.4 Å². The number of nitrogens with zero attached hydrogens (tertiary/aromatic N) is 2. The van der Waals surface area contributed by atoms with Crippen LogP contribution in [0.25, 0.3) is 16.5 Å². The van der Waals surface area contributed by atoms with Crippen LogP contribution >= 0.6 is 22.9 Å². The number of alkyl halides is 3. The number of ether oxygens (including phenoxy) is 1. The number of carbonyl (C=O) groups excluding carboxylic acids is 2. The van der Waals surface area contributed by atoms with Gasteiger partial charge in [0.1, 0.15) is 5.00 Å². The quantitative estimate of drug-likeness (QED) is 0.348. The van der Waals surface area contributed by atoms with Gasteiger partial charge in [-0.25, -0.2) is 4.79 Å². The minimum atomic E-state index is -4.54.